The molecule has 31 heavy (non-hydrogen) atoms. The number of esters is 3. The fraction of sp³-hybridized carbons (Fsp3) is 0.348. The molecule has 3 rings (SSSR count). The van der Waals surface area contributed by atoms with E-state index in [9.17, 15) is 14.4 Å². The van der Waals surface area contributed by atoms with E-state index >= 15 is 0 Å². The summed E-state index contributed by atoms with van der Waals surface area (Å²) in [5.41, 5.74) is 5.19. The SMILES string of the molecule is C=CCOC(=O)C1=C(C)OC(=O)[C@@]12C(C(=O)OCCCC)=C(N)N(C)c1ccccc12. The molecule has 2 heterocycles. The summed E-state index contributed by atoms with van der Waals surface area (Å²) in [7, 11) is 1.67. The van der Waals surface area contributed by atoms with E-state index in [-0.39, 0.29) is 35.9 Å². The molecule has 0 fully saturated rings. The van der Waals surface area contributed by atoms with Crippen molar-refractivity contribution < 1.29 is 28.6 Å². The van der Waals surface area contributed by atoms with Gasteiger partial charge < -0.3 is 24.8 Å². The molecular formula is C23H26N2O6. The van der Waals surface area contributed by atoms with E-state index < -0.39 is 23.3 Å². The highest BCUT2D eigenvalue weighted by Crippen LogP contribution is 2.53. The van der Waals surface area contributed by atoms with Crippen LogP contribution in [0.2, 0.25) is 0 Å². The van der Waals surface area contributed by atoms with Crippen LogP contribution >= 0.6 is 0 Å². The van der Waals surface area contributed by atoms with E-state index in [0.29, 0.717) is 17.7 Å². The van der Waals surface area contributed by atoms with Crippen molar-refractivity contribution in [3.63, 3.8) is 0 Å². The minimum absolute atomic E-state index is 0.000805. The van der Waals surface area contributed by atoms with Gasteiger partial charge >= 0.3 is 17.9 Å². The second kappa shape index (κ2) is 8.67. The summed E-state index contributed by atoms with van der Waals surface area (Å²) in [6, 6.07) is 6.89. The first-order chi connectivity index (χ1) is 14.8. The maximum absolute atomic E-state index is 13.4. The van der Waals surface area contributed by atoms with E-state index in [2.05, 4.69) is 6.58 Å². The standard InChI is InChI=1S/C23H26N2O6/c1-5-7-13-30-21(27)18-19(24)25(4)16-11-9-8-10-15(16)23(18)17(14(3)31-22(23)28)20(26)29-12-6-2/h6,8-11H,2,5,7,12-13,24H2,1,3-4H3/t23-/m1/s1. The van der Waals surface area contributed by atoms with E-state index in [1.807, 2.05) is 6.92 Å². The van der Waals surface area contributed by atoms with Crippen LogP contribution in [0.5, 0.6) is 0 Å². The van der Waals surface area contributed by atoms with Crippen molar-refractivity contribution in [2.24, 2.45) is 5.73 Å². The first-order valence-electron chi connectivity index (χ1n) is 10.0. The van der Waals surface area contributed by atoms with Crippen molar-refractivity contribution in [2.75, 3.05) is 25.2 Å². The van der Waals surface area contributed by atoms with Gasteiger partial charge in [0, 0.05) is 18.3 Å². The van der Waals surface area contributed by atoms with Crippen LogP contribution in [0.1, 0.15) is 32.3 Å². The highest BCUT2D eigenvalue weighted by molar-refractivity contribution is 6.16. The highest BCUT2D eigenvalue weighted by atomic mass is 16.6. The van der Waals surface area contributed by atoms with E-state index in [1.54, 1.807) is 36.2 Å². The summed E-state index contributed by atoms with van der Waals surface area (Å²) in [6.07, 6.45) is 2.87. The number of anilines is 1. The number of para-hydroxylation sites is 1. The minimum Gasteiger partial charge on any atom is -0.462 e. The van der Waals surface area contributed by atoms with Crippen molar-refractivity contribution in [3.8, 4) is 0 Å². The van der Waals surface area contributed by atoms with E-state index in [1.165, 1.54) is 13.0 Å². The Labute approximate surface area is 180 Å². The van der Waals surface area contributed by atoms with Crippen LogP contribution in [-0.2, 0) is 34.0 Å². The number of hydrogen-bond acceptors (Lipinski definition) is 8. The molecule has 1 spiro atoms. The molecule has 0 radical (unpaired) electrons. The number of carbonyl (C=O) groups excluding carboxylic acids is 3. The lowest BCUT2D eigenvalue weighted by molar-refractivity contribution is -0.147. The zero-order valence-corrected chi connectivity index (χ0v) is 17.9. The average Bonchev–Trinajstić information content (AvgIpc) is 3.01. The van der Waals surface area contributed by atoms with Crippen molar-refractivity contribution >= 4 is 23.6 Å². The largest absolute Gasteiger partial charge is 0.462 e. The first-order valence-corrected chi connectivity index (χ1v) is 10.0. The van der Waals surface area contributed by atoms with Crippen LogP contribution in [0, 0.1) is 0 Å². The summed E-state index contributed by atoms with van der Waals surface area (Å²) in [5, 5.41) is 0. The molecule has 0 unspecified atom stereocenters. The third-order valence-electron chi connectivity index (χ3n) is 5.41. The van der Waals surface area contributed by atoms with Gasteiger partial charge in [-0.3, -0.25) is 0 Å². The van der Waals surface area contributed by atoms with Gasteiger partial charge in [-0.25, -0.2) is 14.4 Å². The lowest BCUT2D eigenvalue weighted by Gasteiger charge is -2.39. The number of cyclic esters (lactones) is 1. The highest BCUT2D eigenvalue weighted by Gasteiger charge is 2.63. The third-order valence-corrected chi connectivity index (χ3v) is 5.41. The maximum Gasteiger partial charge on any atom is 0.339 e. The summed E-state index contributed by atoms with van der Waals surface area (Å²) in [4.78, 5) is 41.3. The van der Waals surface area contributed by atoms with Crippen molar-refractivity contribution in [1.82, 2.24) is 0 Å². The Hall–Kier alpha value is -3.55. The van der Waals surface area contributed by atoms with Crippen LogP contribution in [0.3, 0.4) is 0 Å². The fourth-order valence-electron chi connectivity index (χ4n) is 3.95. The van der Waals surface area contributed by atoms with Gasteiger partial charge in [0.05, 0.1) is 6.61 Å². The van der Waals surface area contributed by atoms with Crippen LogP contribution in [-0.4, -0.2) is 38.2 Å². The number of hydrogen-bond donors (Lipinski definition) is 1. The number of carbonyl (C=O) groups is 3. The molecule has 0 amide bonds. The van der Waals surface area contributed by atoms with Crippen molar-refractivity contribution in [2.45, 2.75) is 32.1 Å². The quantitative estimate of drug-likeness (QED) is 0.307. The number of nitrogens with zero attached hydrogens (tertiary/aromatic N) is 1. The van der Waals surface area contributed by atoms with Gasteiger partial charge in [-0.1, -0.05) is 44.2 Å². The van der Waals surface area contributed by atoms with Crippen LogP contribution in [0.4, 0.5) is 5.69 Å². The van der Waals surface area contributed by atoms with Gasteiger partial charge in [0.15, 0.2) is 5.41 Å². The molecule has 2 N–H and O–H groups in total. The van der Waals surface area contributed by atoms with Crippen LogP contribution < -0.4 is 10.6 Å². The van der Waals surface area contributed by atoms with Gasteiger partial charge in [-0.2, -0.15) is 0 Å². The van der Waals surface area contributed by atoms with E-state index in [4.69, 9.17) is 19.9 Å². The molecular weight excluding hydrogens is 400 g/mol. The van der Waals surface area contributed by atoms with Crippen LogP contribution in [0.25, 0.3) is 0 Å². The molecule has 8 heteroatoms. The van der Waals surface area contributed by atoms with Crippen LogP contribution in [0.15, 0.2) is 59.6 Å². The number of nitrogens with two attached hydrogens (primary N) is 1. The number of benzene rings is 1. The smallest absolute Gasteiger partial charge is 0.339 e. The molecule has 2 aliphatic heterocycles. The Bertz CT molecular complexity index is 1010. The fourth-order valence-corrected chi connectivity index (χ4v) is 3.95. The maximum atomic E-state index is 13.4. The molecule has 0 saturated carbocycles. The summed E-state index contributed by atoms with van der Waals surface area (Å²) < 4.78 is 16.1. The molecule has 1 aromatic rings. The number of rotatable bonds is 7. The van der Waals surface area contributed by atoms with E-state index in [0.717, 1.165) is 6.42 Å². The Morgan fingerprint density at radius 1 is 1.23 bits per heavy atom. The normalized spacial score (nSPS) is 20.0. The second-order valence-corrected chi connectivity index (χ2v) is 7.28. The van der Waals surface area contributed by atoms with Gasteiger partial charge in [-0.15, -0.1) is 0 Å². The number of unbranched alkanes of at least 4 members (excludes halogenated alkanes) is 1. The lowest BCUT2D eigenvalue weighted by atomic mass is 9.66. The van der Waals surface area contributed by atoms with Gasteiger partial charge in [0.1, 0.15) is 29.3 Å². The topological polar surface area (TPSA) is 108 Å². The molecule has 2 aliphatic rings. The third kappa shape index (κ3) is 3.37. The average molecular weight is 426 g/mol. The number of fused-ring (bicyclic) bond motifs is 2. The zero-order chi connectivity index (χ0) is 22.8. The zero-order valence-electron chi connectivity index (χ0n) is 17.9. The molecule has 1 atom stereocenters. The molecule has 0 bridgehead atoms. The van der Waals surface area contributed by atoms with Crippen molar-refractivity contribution in [3.05, 3.63) is 65.2 Å². The molecule has 1 aromatic carbocycles. The number of allylic oxidation sites excluding steroid dienone is 1. The Kier molecular flexibility index (Phi) is 6.19. The predicted molar refractivity (Wildman–Crippen MR) is 114 cm³/mol. The molecule has 0 aliphatic carbocycles. The Balaban J connectivity index is 2.29. The van der Waals surface area contributed by atoms with Gasteiger partial charge in [0.2, 0.25) is 0 Å². The summed E-state index contributed by atoms with van der Waals surface area (Å²) >= 11 is 0. The molecule has 0 aromatic heterocycles. The first kappa shape index (κ1) is 22.1. The Morgan fingerprint density at radius 2 is 1.90 bits per heavy atom. The monoisotopic (exact) mass is 426 g/mol. The molecule has 0 saturated heterocycles. The second-order valence-electron chi connectivity index (χ2n) is 7.28. The van der Waals surface area contributed by atoms with Gasteiger partial charge in [0.25, 0.3) is 0 Å². The van der Waals surface area contributed by atoms with Gasteiger partial charge in [-0.05, 0) is 19.4 Å². The minimum atomic E-state index is -1.89. The predicted octanol–water partition coefficient (Wildman–Crippen LogP) is 2.45. The summed E-state index contributed by atoms with van der Waals surface area (Å²) in [5.74, 6) is -2.34. The number of ether oxygens (including phenoxy) is 3. The van der Waals surface area contributed by atoms with Crippen molar-refractivity contribution in [1.29, 1.82) is 0 Å². The molecule has 164 valence electrons. The summed E-state index contributed by atoms with van der Waals surface area (Å²) in [6.45, 7) is 7.06. The molecule has 8 nitrogen and oxygen atoms in total. The Morgan fingerprint density at radius 3 is 2.58 bits per heavy atom. The lowest BCUT2D eigenvalue weighted by Crippen LogP contribution is -2.50.